The van der Waals surface area contributed by atoms with Crippen molar-refractivity contribution in [3.8, 4) is 5.75 Å². The Labute approximate surface area is 124 Å². The molecule has 1 saturated heterocycles. The monoisotopic (exact) mass is 297 g/mol. The van der Waals surface area contributed by atoms with Gasteiger partial charge in [-0.1, -0.05) is 18.0 Å². The molecule has 0 unspecified atom stereocenters. The molecule has 1 aliphatic rings. The molecule has 0 bridgehead atoms. The van der Waals surface area contributed by atoms with Gasteiger partial charge in [0.05, 0.1) is 17.7 Å². The number of rotatable bonds is 5. The number of carbonyl (C=O) groups is 1. The molecule has 1 aromatic rings. The highest BCUT2D eigenvalue weighted by Gasteiger charge is 2.12. The molecule has 0 aromatic heterocycles. The maximum absolute atomic E-state index is 11.4. The first-order chi connectivity index (χ1) is 9.70. The van der Waals surface area contributed by atoms with Crippen molar-refractivity contribution in [2.24, 2.45) is 0 Å². The fourth-order valence-corrected chi connectivity index (χ4v) is 2.57. The molecule has 5 heteroatoms. The molecule has 1 aromatic carbocycles. The molecule has 0 aliphatic carbocycles. The number of ether oxygens (including phenoxy) is 2. The molecule has 0 saturated carbocycles. The molecule has 20 heavy (non-hydrogen) atoms. The van der Waals surface area contributed by atoms with Crippen molar-refractivity contribution in [1.82, 2.24) is 4.90 Å². The van der Waals surface area contributed by atoms with E-state index in [1.807, 2.05) is 0 Å². The Hall–Kier alpha value is -1.26. The van der Waals surface area contributed by atoms with Crippen LogP contribution in [-0.2, 0) is 4.74 Å². The summed E-state index contributed by atoms with van der Waals surface area (Å²) in [4.78, 5) is 13.8. The van der Waals surface area contributed by atoms with Crippen LogP contribution in [0.4, 0.5) is 0 Å². The van der Waals surface area contributed by atoms with Crippen molar-refractivity contribution in [3.63, 3.8) is 0 Å². The summed E-state index contributed by atoms with van der Waals surface area (Å²) in [5.74, 6) is 0.211. The van der Waals surface area contributed by atoms with E-state index < -0.39 is 5.97 Å². The lowest BCUT2D eigenvalue weighted by molar-refractivity contribution is 0.0600. The third-order valence-corrected chi connectivity index (χ3v) is 3.76. The van der Waals surface area contributed by atoms with Crippen molar-refractivity contribution >= 4 is 17.6 Å². The van der Waals surface area contributed by atoms with Crippen molar-refractivity contribution in [2.45, 2.75) is 19.3 Å². The van der Waals surface area contributed by atoms with Crippen LogP contribution < -0.4 is 4.74 Å². The molecule has 1 aliphatic heterocycles. The van der Waals surface area contributed by atoms with Crippen molar-refractivity contribution in [2.75, 3.05) is 33.4 Å². The molecule has 0 N–H and O–H groups in total. The zero-order valence-electron chi connectivity index (χ0n) is 11.7. The average molecular weight is 298 g/mol. The average Bonchev–Trinajstić information content (AvgIpc) is 2.49. The van der Waals surface area contributed by atoms with E-state index in [4.69, 9.17) is 16.3 Å². The van der Waals surface area contributed by atoms with Crippen molar-refractivity contribution < 1.29 is 14.3 Å². The minimum absolute atomic E-state index is 0.397. The van der Waals surface area contributed by atoms with E-state index in [9.17, 15) is 4.79 Å². The lowest BCUT2D eigenvalue weighted by atomic mass is 10.1. The minimum Gasteiger partial charge on any atom is -0.491 e. The highest BCUT2D eigenvalue weighted by atomic mass is 35.5. The second-order valence-electron chi connectivity index (χ2n) is 4.89. The van der Waals surface area contributed by atoms with E-state index >= 15 is 0 Å². The van der Waals surface area contributed by atoms with Gasteiger partial charge in [-0.05, 0) is 44.1 Å². The Kier molecular flexibility index (Phi) is 5.68. The predicted molar refractivity (Wildman–Crippen MR) is 78.6 cm³/mol. The summed E-state index contributed by atoms with van der Waals surface area (Å²) in [5, 5.41) is 0.437. The first-order valence-electron chi connectivity index (χ1n) is 6.93. The number of halogens is 1. The van der Waals surface area contributed by atoms with Crippen LogP contribution in [0.25, 0.3) is 0 Å². The Bertz CT molecular complexity index is 458. The number of nitrogens with zero attached hydrogens (tertiary/aromatic N) is 1. The second-order valence-corrected chi connectivity index (χ2v) is 5.29. The van der Waals surface area contributed by atoms with Crippen LogP contribution in [0.2, 0.25) is 5.02 Å². The second kappa shape index (κ2) is 7.50. The van der Waals surface area contributed by atoms with Gasteiger partial charge in [0, 0.05) is 6.54 Å². The number of likely N-dealkylation sites (tertiary alicyclic amines) is 1. The lowest BCUT2D eigenvalue weighted by Crippen LogP contribution is -2.33. The molecule has 0 radical (unpaired) electrons. The van der Waals surface area contributed by atoms with Crippen LogP contribution in [0, 0.1) is 0 Å². The summed E-state index contributed by atoms with van der Waals surface area (Å²) in [7, 11) is 1.35. The number of hydrogen-bond acceptors (Lipinski definition) is 4. The zero-order chi connectivity index (χ0) is 14.4. The van der Waals surface area contributed by atoms with Gasteiger partial charge in [-0.15, -0.1) is 0 Å². The smallest absolute Gasteiger partial charge is 0.337 e. The van der Waals surface area contributed by atoms with Gasteiger partial charge in [-0.25, -0.2) is 4.79 Å². The van der Waals surface area contributed by atoms with E-state index in [1.54, 1.807) is 18.2 Å². The van der Waals surface area contributed by atoms with Gasteiger partial charge >= 0.3 is 5.97 Å². The molecule has 0 atom stereocenters. The highest BCUT2D eigenvalue weighted by Crippen LogP contribution is 2.25. The van der Waals surface area contributed by atoms with Crippen LogP contribution in [0.15, 0.2) is 18.2 Å². The number of piperidine rings is 1. The number of carbonyl (C=O) groups excluding carboxylic acids is 1. The largest absolute Gasteiger partial charge is 0.491 e. The van der Waals surface area contributed by atoms with E-state index in [0.717, 1.165) is 19.6 Å². The van der Waals surface area contributed by atoms with E-state index in [2.05, 4.69) is 9.64 Å². The first-order valence-corrected chi connectivity index (χ1v) is 7.31. The van der Waals surface area contributed by atoms with E-state index in [1.165, 1.54) is 26.4 Å². The zero-order valence-corrected chi connectivity index (χ0v) is 12.5. The third kappa shape index (κ3) is 4.12. The summed E-state index contributed by atoms with van der Waals surface area (Å²) in [6.07, 6.45) is 3.88. The van der Waals surface area contributed by atoms with Gasteiger partial charge < -0.3 is 9.47 Å². The molecule has 0 spiro atoms. The maximum Gasteiger partial charge on any atom is 0.337 e. The fraction of sp³-hybridized carbons (Fsp3) is 0.533. The van der Waals surface area contributed by atoms with Gasteiger partial charge in [-0.3, -0.25) is 4.90 Å². The summed E-state index contributed by atoms with van der Waals surface area (Å²) < 4.78 is 10.3. The summed E-state index contributed by atoms with van der Waals surface area (Å²) in [5.41, 5.74) is 0.431. The van der Waals surface area contributed by atoms with Crippen LogP contribution >= 0.6 is 11.6 Å². The summed E-state index contributed by atoms with van der Waals surface area (Å²) in [6.45, 7) is 3.82. The SMILES string of the molecule is COC(=O)c1ccc(OCCN2CCCCC2)c(Cl)c1. The molecule has 4 nitrogen and oxygen atoms in total. The van der Waals surface area contributed by atoms with Crippen LogP contribution in [0.1, 0.15) is 29.6 Å². The van der Waals surface area contributed by atoms with Crippen LogP contribution in [0.5, 0.6) is 5.75 Å². The summed E-state index contributed by atoms with van der Waals surface area (Å²) >= 11 is 6.11. The Morgan fingerprint density at radius 1 is 1.30 bits per heavy atom. The fourth-order valence-electron chi connectivity index (χ4n) is 2.33. The lowest BCUT2D eigenvalue weighted by Gasteiger charge is -2.26. The number of hydrogen-bond donors (Lipinski definition) is 0. The molecule has 1 fully saturated rings. The van der Waals surface area contributed by atoms with Crippen molar-refractivity contribution in [3.05, 3.63) is 28.8 Å². The van der Waals surface area contributed by atoms with E-state index in [0.29, 0.717) is 22.9 Å². The molecular formula is C15H20ClNO3. The number of esters is 1. The predicted octanol–water partition coefficient (Wildman–Crippen LogP) is 2.99. The summed E-state index contributed by atoms with van der Waals surface area (Å²) in [6, 6.07) is 4.95. The molecule has 2 rings (SSSR count). The Balaban J connectivity index is 1.84. The number of methoxy groups -OCH3 is 1. The van der Waals surface area contributed by atoms with Crippen molar-refractivity contribution in [1.29, 1.82) is 0 Å². The Morgan fingerprint density at radius 3 is 2.70 bits per heavy atom. The Morgan fingerprint density at radius 2 is 2.05 bits per heavy atom. The molecular weight excluding hydrogens is 278 g/mol. The van der Waals surface area contributed by atoms with Crippen LogP contribution in [0.3, 0.4) is 0 Å². The van der Waals surface area contributed by atoms with Crippen LogP contribution in [-0.4, -0.2) is 44.2 Å². The maximum atomic E-state index is 11.4. The van der Waals surface area contributed by atoms with Gasteiger partial charge in [-0.2, -0.15) is 0 Å². The third-order valence-electron chi connectivity index (χ3n) is 3.47. The molecule has 0 amide bonds. The minimum atomic E-state index is -0.397. The van der Waals surface area contributed by atoms with Gasteiger partial charge in [0.25, 0.3) is 0 Å². The first kappa shape index (κ1) is 15.1. The van der Waals surface area contributed by atoms with Gasteiger partial charge in [0.15, 0.2) is 0 Å². The molecule has 110 valence electrons. The van der Waals surface area contributed by atoms with E-state index in [-0.39, 0.29) is 0 Å². The van der Waals surface area contributed by atoms with Gasteiger partial charge in [0.1, 0.15) is 12.4 Å². The number of benzene rings is 1. The standard InChI is InChI=1S/C15H20ClNO3/c1-19-15(18)12-5-6-14(13(16)11-12)20-10-9-17-7-3-2-4-8-17/h5-6,11H,2-4,7-10H2,1H3. The quantitative estimate of drug-likeness (QED) is 0.783. The molecule has 1 heterocycles. The normalized spacial score (nSPS) is 15.9. The topological polar surface area (TPSA) is 38.8 Å². The highest BCUT2D eigenvalue weighted by molar-refractivity contribution is 6.32. The van der Waals surface area contributed by atoms with Gasteiger partial charge in [0.2, 0.25) is 0 Å².